The molecule has 0 aromatic carbocycles. The minimum absolute atomic E-state index is 0.144. The minimum Gasteiger partial charge on any atom is -0.450 e. The van der Waals surface area contributed by atoms with Crippen LogP contribution in [0.4, 0.5) is 0 Å². The number of aromatic amines is 2. The topological polar surface area (TPSA) is 87.8 Å². The van der Waals surface area contributed by atoms with Crippen molar-refractivity contribution in [1.29, 1.82) is 0 Å². The lowest BCUT2D eigenvalue weighted by molar-refractivity contribution is 0.0314. The van der Waals surface area contributed by atoms with E-state index in [0.29, 0.717) is 22.8 Å². The molecule has 0 saturated heterocycles. The Labute approximate surface area is 148 Å². The number of nitrogens with one attached hydrogen (secondary N) is 2. The molecule has 0 spiro atoms. The molecule has 0 unspecified atom stereocenters. The smallest absolute Gasteiger partial charge is 0.355 e. The van der Waals surface area contributed by atoms with E-state index in [0.717, 1.165) is 29.7 Å². The number of fused-ring (bicyclic) bond motifs is 3. The Morgan fingerprint density at radius 1 is 1.48 bits per heavy atom. The van der Waals surface area contributed by atoms with Gasteiger partial charge in [-0.15, -0.1) is 11.3 Å². The van der Waals surface area contributed by atoms with Gasteiger partial charge in [0, 0.05) is 11.1 Å². The maximum absolute atomic E-state index is 12.6. The number of ether oxygens (including phenoxy) is 1. The summed E-state index contributed by atoms with van der Waals surface area (Å²) in [6.07, 6.45) is 4.06. The normalized spacial score (nSPS) is 18.1. The second-order valence-corrected chi connectivity index (χ2v) is 7.70. The molecule has 0 radical (unpaired) electrons. The molecule has 7 heteroatoms. The zero-order chi connectivity index (χ0) is 17.6. The van der Waals surface area contributed by atoms with Crippen LogP contribution in [0.1, 0.15) is 53.1 Å². The zero-order valence-electron chi connectivity index (χ0n) is 14.1. The lowest BCUT2D eigenvalue weighted by Crippen LogP contribution is -2.18. The standard InChI is InChI=1S/C18H19N3O3S/c1-9-5-6-11-13(8-9)25-17-14(11)16(22)20-15(21-17)10(2)24-18(23)12-4-3-7-19-12/h3-4,7,9-10,19H,5-6,8H2,1-2H3,(H,20,21,22)/t9-,10-/m1/s1. The van der Waals surface area contributed by atoms with Crippen molar-refractivity contribution in [1.82, 2.24) is 15.0 Å². The van der Waals surface area contributed by atoms with Crippen LogP contribution in [-0.4, -0.2) is 20.9 Å². The molecule has 4 rings (SSSR count). The zero-order valence-corrected chi connectivity index (χ0v) is 14.9. The SMILES string of the molecule is C[C@@H]1CCc2c(sc3nc([C@@H](C)OC(=O)c4ccc[nH]4)[nH]c(=O)c23)C1. The van der Waals surface area contributed by atoms with E-state index in [1.165, 1.54) is 4.88 Å². The largest absolute Gasteiger partial charge is 0.450 e. The van der Waals surface area contributed by atoms with E-state index in [1.807, 2.05) is 0 Å². The minimum atomic E-state index is -0.633. The van der Waals surface area contributed by atoms with E-state index in [4.69, 9.17) is 4.74 Å². The van der Waals surface area contributed by atoms with Gasteiger partial charge < -0.3 is 14.7 Å². The van der Waals surface area contributed by atoms with Gasteiger partial charge in [0.15, 0.2) is 11.9 Å². The monoisotopic (exact) mass is 357 g/mol. The van der Waals surface area contributed by atoms with Crippen LogP contribution >= 0.6 is 11.3 Å². The third-order valence-electron chi connectivity index (χ3n) is 4.67. The molecule has 0 bridgehead atoms. The summed E-state index contributed by atoms with van der Waals surface area (Å²) in [6, 6.07) is 3.37. The maximum Gasteiger partial charge on any atom is 0.355 e. The van der Waals surface area contributed by atoms with E-state index in [2.05, 4.69) is 21.9 Å². The fourth-order valence-electron chi connectivity index (χ4n) is 3.30. The van der Waals surface area contributed by atoms with Crippen molar-refractivity contribution < 1.29 is 9.53 Å². The van der Waals surface area contributed by atoms with Crippen LogP contribution in [-0.2, 0) is 17.6 Å². The van der Waals surface area contributed by atoms with Crippen LogP contribution in [0.25, 0.3) is 10.2 Å². The summed E-state index contributed by atoms with van der Waals surface area (Å²) in [5, 5.41) is 0.707. The van der Waals surface area contributed by atoms with Crippen molar-refractivity contribution in [3.63, 3.8) is 0 Å². The highest BCUT2D eigenvalue weighted by Crippen LogP contribution is 2.35. The van der Waals surface area contributed by atoms with Crippen LogP contribution in [0.15, 0.2) is 23.1 Å². The fraction of sp³-hybridized carbons (Fsp3) is 0.389. The van der Waals surface area contributed by atoms with Crippen molar-refractivity contribution in [2.24, 2.45) is 5.92 Å². The average molecular weight is 357 g/mol. The van der Waals surface area contributed by atoms with E-state index in [1.54, 1.807) is 36.6 Å². The molecule has 25 heavy (non-hydrogen) atoms. The molecule has 0 saturated carbocycles. The maximum atomic E-state index is 12.6. The second kappa shape index (κ2) is 6.15. The summed E-state index contributed by atoms with van der Waals surface area (Å²) >= 11 is 1.59. The van der Waals surface area contributed by atoms with Gasteiger partial charge in [0.2, 0.25) is 0 Å². The van der Waals surface area contributed by atoms with Gasteiger partial charge in [-0.25, -0.2) is 9.78 Å². The predicted octanol–water partition coefficient (Wildman–Crippen LogP) is 3.36. The second-order valence-electron chi connectivity index (χ2n) is 6.61. The number of aryl methyl sites for hydroxylation is 1. The van der Waals surface area contributed by atoms with Crippen LogP contribution in [0.3, 0.4) is 0 Å². The number of hydrogen-bond donors (Lipinski definition) is 2. The number of aromatic nitrogens is 3. The molecule has 2 N–H and O–H groups in total. The van der Waals surface area contributed by atoms with Crippen LogP contribution in [0.2, 0.25) is 0 Å². The Morgan fingerprint density at radius 3 is 3.08 bits per heavy atom. The number of esters is 1. The van der Waals surface area contributed by atoms with Crippen molar-refractivity contribution in [3.05, 3.63) is 50.6 Å². The van der Waals surface area contributed by atoms with Gasteiger partial charge in [-0.05, 0) is 49.8 Å². The molecular weight excluding hydrogens is 338 g/mol. The first-order chi connectivity index (χ1) is 12.0. The Hall–Kier alpha value is -2.41. The number of thiophene rings is 1. The first kappa shape index (κ1) is 16.1. The van der Waals surface area contributed by atoms with Crippen LogP contribution < -0.4 is 5.56 Å². The highest BCUT2D eigenvalue weighted by molar-refractivity contribution is 7.18. The summed E-state index contributed by atoms with van der Waals surface area (Å²) in [5.74, 6) is 0.545. The van der Waals surface area contributed by atoms with E-state index < -0.39 is 12.1 Å². The third kappa shape index (κ3) is 2.89. The number of hydrogen-bond acceptors (Lipinski definition) is 5. The molecule has 1 aliphatic rings. The summed E-state index contributed by atoms with van der Waals surface area (Å²) < 4.78 is 5.41. The summed E-state index contributed by atoms with van der Waals surface area (Å²) in [4.78, 5) is 36.8. The average Bonchev–Trinajstić information content (AvgIpc) is 3.21. The molecule has 3 heterocycles. The number of rotatable bonds is 3. The highest BCUT2D eigenvalue weighted by atomic mass is 32.1. The molecule has 0 fully saturated rings. The number of carbonyl (C=O) groups is 1. The highest BCUT2D eigenvalue weighted by Gasteiger charge is 2.24. The van der Waals surface area contributed by atoms with E-state index >= 15 is 0 Å². The lowest BCUT2D eigenvalue weighted by Gasteiger charge is -2.17. The molecule has 1 aliphatic carbocycles. The lowest BCUT2D eigenvalue weighted by atomic mass is 9.89. The Morgan fingerprint density at radius 2 is 2.32 bits per heavy atom. The Kier molecular flexibility index (Phi) is 3.95. The molecule has 2 atom stereocenters. The molecule has 130 valence electrons. The quantitative estimate of drug-likeness (QED) is 0.704. The molecule has 3 aromatic heterocycles. The van der Waals surface area contributed by atoms with Gasteiger partial charge >= 0.3 is 5.97 Å². The Bertz CT molecular complexity index is 987. The van der Waals surface area contributed by atoms with E-state index in [-0.39, 0.29) is 5.56 Å². The van der Waals surface area contributed by atoms with Gasteiger partial charge in [0.25, 0.3) is 5.56 Å². The number of H-pyrrole nitrogens is 2. The van der Waals surface area contributed by atoms with Crippen molar-refractivity contribution in [3.8, 4) is 0 Å². The molecule has 3 aromatic rings. The number of carbonyl (C=O) groups excluding carboxylic acids is 1. The first-order valence-electron chi connectivity index (χ1n) is 8.41. The molecule has 6 nitrogen and oxygen atoms in total. The van der Waals surface area contributed by atoms with Gasteiger partial charge in [0.1, 0.15) is 10.5 Å². The fourth-order valence-corrected chi connectivity index (χ4v) is 4.69. The van der Waals surface area contributed by atoms with Crippen molar-refractivity contribution >= 4 is 27.5 Å². The van der Waals surface area contributed by atoms with Crippen molar-refractivity contribution in [2.75, 3.05) is 0 Å². The van der Waals surface area contributed by atoms with Gasteiger partial charge in [-0.1, -0.05) is 6.92 Å². The van der Waals surface area contributed by atoms with Crippen LogP contribution in [0.5, 0.6) is 0 Å². The Balaban J connectivity index is 1.67. The summed E-state index contributed by atoms with van der Waals surface area (Å²) in [7, 11) is 0. The van der Waals surface area contributed by atoms with E-state index in [9.17, 15) is 9.59 Å². The van der Waals surface area contributed by atoms with Crippen molar-refractivity contribution in [2.45, 2.75) is 39.2 Å². The third-order valence-corrected chi connectivity index (χ3v) is 5.82. The molecule has 0 amide bonds. The predicted molar refractivity (Wildman–Crippen MR) is 96.1 cm³/mol. The summed E-state index contributed by atoms with van der Waals surface area (Å²) in [6.45, 7) is 3.94. The first-order valence-corrected chi connectivity index (χ1v) is 9.23. The van der Waals surface area contributed by atoms with Crippen LogP contribution in [0, 0.1) is 5.92 Å². The van der Waals surface area contributed by atoms with Gasteiger partial charge in [0.05, 0.1) is 5.39 Å². The van der Waals surface area contributed by atoms with Gasteiger partial charge in [-0.2, -0.15) is 0 Å². The molecular formula is C18H19N3O3S. The number of nitrogens with zero attached hydrogens (tertiary/aromatic N) is 1. The van der Waals surface area contributed by atoms with Gasteiger partial charge in [-0.3, -0.25) is 4.79 Å². The summed E-state index contributed by atoms with van der Waals surface area (Å²) in [5.41, 5.74) is 1.38. The molecule has 0 aliphatic heterocycles.